The van der Waals surface area contributed by atoms with Gasteiger partial charge in [-0.25, -0.2) is 0 Å². The number of hydrogen-bond donors (Lipinski definition) is 0. The lowest BCUT2D eigenvalue weighted by Gasteiger charge is -2.23. The number of benzene rings is 1. The van der Waals surface area contributed by atoms with Gasteiger partial charge in [0.05, 0.1) is 5.41 Å². The maximum Gasteiger partial charge on any atom is 0.240 e. The van der Waals surface area contributed by atoms with Crippen LogP contribution in [0.25, 0.3) is 0 Å². The molecule has 1 atom stereocenters. The van der Waals surface area contributed by atoms with E-state index in [4.69, 9.17) is 0 Å². The van der Waals surface area contributed by atoms with E-state index < -0.39 is 5.41 Å². The Labute approximate surface area is 132 Å². The van der Waals surface area contributed by atoms with Crippen LogP contribution >= 0.6 is 0 Å². The number of hydrogen-bond acceptors (Lipinski definition) is 3. The fourth-order valence-corrected chi connectivity index (χ4v) is 3.82. The average Bonchev–Trinajstić information content (AvgIpc) is 2.97. The summed E-state index contributed by atoms with van der Waals surface area (Å²) in [6, 6.07) is 8.10. The lowest BCUT2D eigenvalue weighted by molar-refractivity contribution is -0.140. The van der Waals surface area contributed by atoms with Crippen molar-refractivity contribution in [3.05, 3.63) is 35.4 Å². The predicted octanol–water partition coefficient (Wildman–Crippen LogP) is 1.97. The van der Waals surface area contributed by atoms with Crippen molar-refractivity contribution in [2.75, 3.05) is 27.2 Å². The van der Waals surface area contributed by atoms with Gasteiger partial charge in [-0.05, 0) is 57.5 Å². The normalized spacial score (nSPS) is 23.9. The highest BCUT2D eigenvalue weighted by Crippen LogP contribution is 2.46. The van der Waals surface area contributed by atoms with Crippen molar-refractivity contribution in [1.82, 2.24) is 9.80 Å². The summed E-state index contributed by atoms with van der Waals surface area (Å²) < 4.78 is 0. The molecule has 0 aromatic heterocycles. The third-order valence-electron chi connectivity index (χ3n) is 5.00. The molecule has 1 unspecified atom stereocenters. The first-order valence-electron chi connectivity index (χ1n) is 8.12. The number of likely N-dealkylation sites (tertiary alicyclic amines) is 1. The Morgan fingerprint density at radius 2 is 1.95 bits per heavy atom. The van der Waals surface area contributed by atoms with Crippen LogP contribution < -0.4 is 0 Å². The summed E-state index contributed by atoms with van der Waals surface area (Å²) >= 11 is 0. The fourth-order valence-electron chi connectivity index (χ4n) is 3.82. The van der Waals surface area contributed by atoms with Crippen molar-refractivity contribution in [1.29, 1.82) is 0 Å². The summed E-state index contributed by atoms with van der Waals surface area (Å²) in [6.07, 6.45) is 3.94. The lowest BCUT2D eigenvalue weighted by Crippen LogP contribution is -2.37. The quantitative estimate of drug-likeness (QED) is 0.616. The highest BCUT2D eigenvalue weighted by atomic mass is 16.2. The fraction of sp³-hybridized carbons (Fsp3) is 0.556. The molecule has 1 aromatic carbocycles. The second-order valence-electron chi connectivity index (χ2n) is 6.78. The molecule has 4 heteroatoms. The van der Waals surface area contributed by atoms with Crippen molar-refractivity contribution >= 4 is 11.8 Å². The molecular formula is C18H24N2O2. The number of rotatable bonds is 5. The first-order chi connectivity index (χ1) is 10.5. The molecule has 118 valence electrons. The largest absolute Gasteiger partial charge is 0.309 e. The van der Waals surface area contributed by atoms with Gasteiger partial charge >= 0.3 is 0 Å². The Balaban J connectivity index is 1.73. The highest BCUT2D eigenvalue weighted by Gasteiger charge is 2.54. The SMILES string of the molecule is CN(C)CCCCN1C(=O)CC2(CCc3ccccc32)C1=O. The number of carbonyl (C=O) groups excluding carboxylic acids is 2. The number of amides is 2. The number of imide groups is 1. The van der Waals surface area contributed by atoms with Crippen LogP contribution in [0.5, 0.6) is 0 Å². The Morgan fingerprint density at radius 3 is 2.73 bits per heavy atom. The molecule has 1 heterocycles. The van der Waals surface area contributed by atoms with Gasteiger partial charge in [-0.1, -0.05) is 24.3 Å². The number of nitrogens with zero attached hydrogens (tertiary/aromatic N) is 2. The van der Waals surface area contributed by atoms with Gasteiger partial charge < -0.3 is 4.90 Å². The Hall–Kier alpha value is -1.68. The van der Waals surface area contributed by atoms with Gasteiger partial charge in [-0.15, -0.1) is 0 Å². The van der Waals surface area contributed by atoms with Crippen LogP contribution in [0.2, 0.25) is 0 Å². The van der Waals surface area contributed by atoms with Gasteiger partial charge in [0, 0.05) is 13.0 Å². The summed E-state index contributed by atoms with van der Waals surface area (Å²) in [5, 5.41) is 0. The van der Waals surface area contributed by atoms with Crippen LogP contribution in [0, 0.1) is 0 Å². The standard InChI is InChI=1S/C18H24N2O2/c1-19(2)11-5-6-12-20-16(21)13-18(17(20)22)10-9-14-7-3-4-8-15(14)18/h3-4,7-8H,5-6,9-13H2,1-2H3. The molecule has 1 saturated heterocycles. The molecule has 0 radical (unpaired) electrons. The van der Waals surface area contributed by atoms with Crippen LogP contribution in [0.4, 0.5) is 0 Å². The molecule has 0 saturated carbocycles. The first-order valence-corrected chi connectivity index (χ1v) is 8.12. The minimum absolute atomic E-state index is 0.00607. The monoisotopic (exact) mass is 300 g/mol. The zero-order valence-electron chi connectivity index (χ0n) is 13.5. The zero-order valence-corrected chi connectivity index (χ0v) is 13.5. The molecule has 22 heavy (non-hydrogen) atoms. The second kappa shape index (κ2) is 5.84. The summed E-state index contributed by atoms with van der Waals surface area (Å²) in [7, 11) is 4.08. The van der Waals surface area contributed by atoms with E-state index >= 15 is 0 Å². The molecule has 0 bridgehead atoms. The van der Waals surface area contributed by atoms with Gasteiger partial charge in [0.1, 0.15) is 0 Å². The molecule has 1 fully saturated rings. The van der Waals surface area contributed by atoms with Crippen LogP contribution in [0.1, 0.15) is 36.8 Å². The Morgan fingerprint density at radius 1 is 1.18 bits per heavy atom. The third-order valence-corrected chi connectivity index (χ3v) is 5.00. The molecule has 3 rings (SSSR count). The minimum Gasteiger partial charge on any atom is -0.309 e. The summed E-state index contributed by atoms with van der Waals surface area (Å²) in [5.74, 6) is 0.0406. The number of aryl methyl sites for hydroxylation is 1. The van der Waals surface area contributed by atoms with E-state index in [0.717, 1.165) is 37.8 Å². The van der Waals surface area contributed by atoms with Crippen molar-refractivity contribution in [2.24, 2.45) is 0 Å². The van der Waals surface area contributed by atoms with Crippen molar-refractivity contribution in [3.63, 3.8) is 0 Å². The van der Waals surface area contributed by atoms with E-state index in [2.05, 4.69) is 11.0 Å². The second-order valence-corrected chi connectivity index (χ2v) is 6.78. The number of carbonyl (C=O) groups is 2. The molecule has 1 aliphatic heterocycles. The summed E-state index contributed by atoms with van der Waals surface area (Å²) in [5.41, 5.74) is 1.76. The number of fused-ring (bicyclic) bond motifs is 2. The molecule has 4 nitrogen and oxygen atoms in total. The first kappa shape index (κ1) is 15.2. The van der Waals surface area contributed by atoms with Gasteiger partial charge in [-0.3, -0.25) is 14.5 Å². The molecule has 2 amide bonds. The molecular weight excluding hydrogens is 276 g/mol. The van der Waals surface area contributed by atoms with Gasteiger partial charge in [0.25, 0.3) is 0 Å². The minimum atomic E-state index is -0.560. The van der Waals surface area contributed by atoms with Gasteiger partial charge in [0.15, 0.2) is 0 Å². The van der Waals surface area contributed by atoms with Crippen molar-refractivity contribution in [3.8, 4) is 0 Å². The van der Waals surface area contributed by atoms with Crippen molar-refractivity contribution < 1.29 is 9.59 Å². The summed E-state index contributed by atoms with van der Waals surface area (Å²) in [4.78, 5) is 28.9. The van der Waals surface area contributed by atoms with Gasteiger partial charge in [-0.2, -0.15) is 0 Å². The molecule has 1 aliphatic carbocycles. The average molecular weight is 300 g/mol. The van der Waals surface area contributed by atoms with E-state index in [9.17, 15) is 9.59 Å². The maximum atomic E-state index is 12.9. The third kappa shape index (κ3) is 2.45. The van der Waals surface area contributed by atoms with Crippen molar-refractivity contribution in [2.45, 2.75) is 37.5 Å². The van der Waals surface area contributed by atoms with E-state index in [-0.39, 0.29) is 11.8 Å². The van der Waals surface area contributed by atoms with E-state index in [1.807, 2.05) is 32.3 Å². The van der Waals surface area contributed by atoms with Gasteiger partial charge in [0.2, 0.25) is 11.8 Å². The Kier molecular flexibility index (Phi) is 4.04. The Bertz CT molecular complexity index is 597. The van der Waals surface area contributed by atoms with Crippen LogP contribution in [0.15, 0.2) is 24.3 Å². The topological polar surface area (TPSA) is 40.6 Å². The number of unbranched alkanes of at least 4 members (excludes halogenated alkanes) is 1. The van der Waals surface area contributed by atoms with E-state index in [1.54, 1.807) is 0 Å². The van der Waals surface area contributed by atoms with Crippen LogP contribution in [-0.2, 0) is 21.4 Å². The lowest BCUT2D eigenvalue weighted by atomic mass is 9.80. The predicted molar refractivity (Wildman–Crippen MR) is 85.6 cm³/mol. The van der Waals surface area contributed by atoms with E-state index in [0.29, 0.717) is 13.0 Å². The molecule has 2 aliphatic rings. The summed E-state index contributed by atoms with van der Waals surface area (Å²) in [6.45, 7) is 1.56. The molecule has 1 spiro atoms. The molecule has 0 N–H and O–H groups in total. The highest BCUT2D eigenvalue weighted by molar-refractivity contribution is 6.09. The van der Waals surface area contributed by atoms with Crippen LogP contribution in [-0.4, -0.2) is 48.8 Å². The zero-order chi connectivity index (χ0) is 15.7. The van der Waals surface area contributed by atoms with E-state index in [1.165, 1.54) is 10.5 Å². The molecule has 1 aromatic rings. The van der Waals surface area contributed by atoms with Crippen LogP contribution in [0.3, 0.4) is 0 Å². The smallest absolute Gasteiger partial charge is 0.240 e. The maximum absolute atomic E-state index is 12.9.